The fourth-order valence-electron chi connectivity index (χ4n) is 4.27. The summed E-state index contributed by atoms with van der Waals surface area (Å²) in [4.78, 5) is 36.1. The third-order valence-corrected chi connectivity index (χ3v) is 5.76. The van der Waals surface area contributed by atoms with Gasteiger partial charge in [-0.3, -0.25) is 9.59 Å². The van der Waals surface area contributed by atoms with Gasteiger partial charge in [-0.1, -0.05) is 12.1 Å². The molecule has 1 N–H and O–H groups in total. The van der Waals surface area contributed by atoms with Crippen LogP contribution in [-0.4, -0.2) is 51.2 Å². The number of aromatic nitrogens is 2. The minimum atomic E-state index is -0.914. The topological polar surface area (TPSA) is 69.3 Å². The van der Waals surface area contributed by atoms with Gasteiger partial charge >= 0.3 is 0 Å². The molecule has 4 rings (SSSR count). The van der Waals surface area contributed by atoms with Gasteiger partial charge in [0, 0.05) is 43.6 Å². The van der Waals surface area contributed by atoms with Crippen molar-refractivity contribution in [3.63, 3.8) is 0 Å². The molecule has 6 nitrogen and oxygen atoms in total. The molecule has 3 heterocycles. The van der Waals surface area contributed by atoms with Gasteiger partial charge in [0.2, 0.25) is 5.91 Å². The van der Waals surface area contributed by atoms with E-state index < -0.39 is 17.0 Å². The predicted octanol–water partition coefficient (Wildman–Crippen LogP) is 2.65. The van der Waals surface area contributed by atoms with Crippen LogP contribution in [0.25, 0.3) is 0 Å². The van der Waals surface area contributed by atoms with Crippen LogP contribution in [0.1, 0.15) is 41.1 Å². The molecule has 0 bridgehead atoms. The lowest BCUT2D eigenvalue weighted by atomic mass is 9.78. The Morgan fingerprint density at radius 1 is 1.29 bits per heavy atom. The Kier molecular flexibility index (Phi) is 4.64. The highest BCUT2D eigenvalue weighted by Crippen LogP contribution is 2.41. The molecule has 1 spiro atoms. The van der Waals surface area contributed by atoms with Crippen molar-refractivity contribution in [2.24, 2.45) is 5.41 Å². The van der Waals surface area contributed by atoms with Crippen molar-refractivity contribution in [3.05, 3.63) is 53.1 Å². The second-order valence-corrected chi connectivity index (χ2v) is 7.72. The number of carbonyl (C=O) groups excluding carboxylic acids is 2. The Balaban J connectivity index is 1.50. The monoisotopic (exact) mass is 388 g/mol. The average molecular weight is 388 g/mol. The summed E-state index contributed by atoms with van der Waals surface area (Å²) in [6.45, 7) is 3.17. The van der Waals surface area contributed by atoms with E-state index in [1.807, 2.05) is 6.92 Å². The molecule has 148 valence electrons. The fourth-order valence-corrected chi connectivity index (χ4v) is 4.27. The van der Waals surface area contributed by atoms with Crippen LogP contribution in [-0.2, 0) is 11.3 Å². The molecule has 8 heteroatoms. The van der Waals surface area contributed by atoms with Gasteiger partial charge in [-0.05, 0) is 32.3 Å². The van der Waals surface area contributed by atoms with Gasteiger partial charge in [-0.15, -0.1) is 0 Å². The summed E-state index contributed by atoms with van der Waals surface area (Å²) in [5.41, 5.74) is 0.316. The Hall–Kier alpha value is -2.77. The second kappa shape index (κ2) is 7.00. The number of carbonyl (C=O) groups is 2. The van der Waals surface area contributed by atoms with Gasteiger partial charge < -0.3 is 14.8 Å². The number of likely N-dealkylation sites (tertiary alicyclic amines) is 2. The summed E-state index contributed by atoms with van der Waals surface area (Å²) < 4.78 is 27.5. The number of nitrogens with one attached hydrogen (secondary N) is 1. The molecular weight excluding hydrogens is 366 g/mol. The first kappa shape index (κ1) is 18.6. The summed E-state index contributed by atoms with van der Waals surface area (Å²) >= 11 is 0. The van der Waals surface area contributed by atoms with Crippen LogP contribution < -0.4 is 0 Å². The first-order valence-corrected chi connectivity index (χ1v) is 9.43. The standard InChI is InChI=1S/C20H22F2N4O2/c1-13-10-23-17(24-13)18(27)26-9-7-20(12-26)6-3-8-25(19(20)28)11-14-4-2-5-15(21)16(14)22/h2,4-5,10H,3,6-9,11-12H2,1H3,(H,23,24)/t20-/m0/s1. The van der Waals surface area contributed by atoms with Crippen molar-refractivity contribution in [2.75, 3.05) is 19.6 Å². The zero-order valence-corrected chi connectivity index (χ0v) is 15.7. The maximum absolute atomic E-state index is 14.0. The van der Waals surface area contributed by atoms with Crippen molar-refractivity contribution in [1.29, 1.82) is 0 Å². The summed E-state index contributed by atoms with van der Waals surface area (Å²) in [6, 6.07) is 4.01. The van der Waals surface area contributed by atoms with Crippen LogP contribution in [0, 0.1) is 24.0 Å². The number of halogens is 2. The molecule has 0 saturated carbocycles. The van der Waals surface area contributed by atoms with Crippen LogP contribution in [0.5, 0.6) is 0 Å². The third-order valence-electron chi connectivity index (χ3n) is 5.76. The van der Waals surface area contributed by atoms with Gasteiger partial charge in [0.1, 0.15) is 0 Å². The smallest absolute Gasteiger partial charge is 0.289 e. The van der Waals surface area contributed by atoms with Crippen LogP contribution in [0.4, 0.5) is 8.78 Å². The van der Waals surface area contributed by atoms with E-state index in [0.29, 0.717) is 32.5 Å². The predicted molar refractivity (Wildman–Crippen MR) is 97.3 cm³/mol. The number of piperidine rings is 1. The minimum Gasteiger partial charge on any atom is -0.338 e. The summed E-state index contributed by atoms with van der Waals surface area (Å²) in [6.07, 6.45) is 3.62. The second-order valence-electron chi connectivity index (χ2n) is 7.72. The molecule has 2 aliphatic heterocycles. The maximum atomic E-state index is 14.0. The molecule has 1 atom stereocenters. The molecule has 2 aromatic rings. The van der Waals surface area contributed by atoms with E-state index in [9.17, 15) is 18.4 Å². The zero-order valence-electron chi connectivity index (χ0n) is 15.7. The molecule has 28 heavy (non-hydrogen) atoms. The van der Waals surface area contributed by atoms with Crippen molar-refractivity contribution in [2.45, 2.75) is 32.7 Å². The number of rotatable bonds is 3. The summed E-state index contributed by atoms with van der Waals surface area (Å²) in [7, 11) is 0. The number of hydrogen-bond acceptors (Lipinski definition) is 3. The molecule has 2 aliphatic rings. The Morgan fingerprint density at radius 3 is 2.86 bits per heavy atom. The number of imidazole rings is 1. The Labute approximate surface area is 161 Å². The van der Waals surface area contributed by atoms with Crippen molar-refractivity contribution >= 4 is 11.8 Å². The number of nitrogens with zero attached hydrogens (tertiary/aromatic N) is 3. The number of aryl methyl sites for hydroxylation is 1. The van der Waals surface area contributed by atoms with Crippen LogP contribution in [0.3, 0.4) is 0 Å². The van der Waals surface area contributed by atoms with Crippen LogP contribution >= 0.6 is 0 Å². The van der Waals surface area contributed by atoms with Crippen LogP contribution in [0.2, 0.25) is 0 Å². The lowest BCUT2D eigenvalue weighted by Gasteiger charge is -2.39. The molecule has 1 aromatic heterocycles. The number of hydrogen-bond donors (Lipinski definition) is 1. The maximum Gasteiger partial charge on any atom is 0.289 e. The van der Waals surface area contributed by atoms with E-state index in [4.69, 9.17) is 0 Å². The number of aromatic amines is 1. The molecular formula is C20H22F2N4O2. The van der Waals surface area contributed by atoms with Crippen molar-refractivity contribution in [3.8, 4) is 0 Å². The van der Waals surface area contributed by atoms with E-state index in [2.05, 4.69) is 9.97 Å². The van der Waals surface area contributed by atoms with E-state index in [0.717, 1.165) is 18.2 Å². The third kappa shape index (κ3) is 3.16. The highest BCUT2D eigenvalue weighted by atomic mass is 19.2. The van der Waals surface area contributed by atoms with Gasteiger partial charge in [-0.25, -0.2) is 13.8 Å². The SMILES string of the molecule is Cc1cnc(C(=O)N2CC[C@@]3(CCCN(Cc4cccc(F)c4F)C3=O)C2)[nH]1. The Morgan fingerprint density at radius 2 is 2.11 bits per heavy atom. The summed E-state index contributed by atoms with van der Waals surface area (Å²) in [5, 5.41) is 0. The van der Waals surface area contributed by atoms with E-state index in [1.165, 1.54) is 12.1 Å². The molecule has 2 amide bonds. The number of H-pyrrole nitrogens is 1. The molecule has 2 saturated heterocycles. The Bertz CT molecular complexity index is 929. The van der Waals surface area contributed by atoms with Crippen molar-refractivity contribution in [1.82, 2.24) is 19.8 Å². The molecule has 2 fully saturated rings. The van der Waals surface area contributed by atoms with E-state index in [1.54, 1.807) is 16.0 Å². The van der Waals surface area contributed by atoms with E-state index >= 15 is 0 Å². The fraction of sp³-hybridized carbons (Fsp3) is 0.450. The highest BCUT2D eigenvalue weighted by Gasteiger charge is 2.49. The van der Waals surface area contributed by atoms with Gasteiger partial charge in [0.25, 0.3) is 5.91 Å². The quantitative estimate of drug-likeness (QED) is 0.879. The average Bonchev–Trinajstić information content (AvgIpc) is 3.30. The van der Waals surface area contributed by atoms with E-state index in [-0.39, 0.29) is 29.7 Å². The zero-order chi connectivity index (χ0) is 19.9. The first-order chi connectivity index (χ1) is 13.4. The number of benzene rings is 1. The molecule has 0 unspecified atom stereocenters. The van der Waals surface area contributed by atoms with Gasteiger partial charge in [0.15, 0.2) is 17.5 Å². The van der Waals surface area contributed by atoms with Crippen molar-refractivity contribution < 1.29 is 18.4 Å². The largest absolute Gasteiger partial charge is 0.338 e. The molecule has 1 aromatic carbocycles. The molecule has 0 radical (unpaired) electrons. The highest BCUT2D eigenvalue weighted by molar-refractivity contribution is 5.92. The first-order valence-electron chi connectivity index (χ1n) is 9.43. The lowest BCUT2D eigenvalue weighted by molar-refractivity contribution is -0.146. The lowest BCUT2D eigenvalue weighted by Crippen LogP contribution is -2.50. The minimum absolute atomic E-state index is 0.0372. The van der Waals surface area contributed by atoms with Gasteiger partial charge in [0.05, 0.1) is 5.41 Å². The van der Waals surface area contributed by atoms with Gasteiger partial charge in [-0.2, -0.15) is 0 Å². The normalized spacial score (nSPS) is 22.3. The number of amides is 2. The molecule has 0 aliphatic carbocycles. The van der Waals surface area contributed by atoms with Crippen LogP contribution in [0.15, 0.2) is 24.4 Å². The summed E-state index contributed by atoms with van der Waals surface area (Å²) in [5.74, 6) is -1.86.